The highest BCUT2D eigenvalue weighted by molar-refractivity contribution is 6.30. The van der Waals surface area contributed by atoms with Crippen molar-refractivity contribution in [1.82, 2.24) is 4.90 Å². The van der Waals surface area contributed by atoms with Crippen LogP contribution in [0.3, 0.4) is 0 Å². The van der Waals surface area contributed by atoms with Gasteiger partial charge in [0.1, 0.15) is 5.82 Å². The molecule has 0 aliphatic carbocycles. The van der Waals surface area contributed by atoms with Gasteiger partial charge in [0.25, 0.3) is 0 Å². The predicted octanol–water partition coefficient (Wildman–Crippen LogP) is 2.06. The molecule has 0 spiro atoms. The fraction of sp³-hybridized carbons (Fsp3) is 0.429. The molecule has 0 radical (unpaired) electrons. The molecule has 0 atom stereocenters. The first kappa shape index (κ1) is 15.7. The van der Waals surface area contributed by atoms with E-state index >= 15 is 0 Å². The lowest BCUT2D eigenvalue weighted by Gasteiger charge is -2.26. The van der Waals surface area contributed by atoms with Gasteiger partial charge in [-0.3, -0.25) is 9.59 Å². The van der Waals surface area contributed by atoms with Gasteiger partial charge in [0.2, 0.25) is 11.8 Å². The van der Waals surface area contributed by atoms with Gasteiger partial charge in [-0.15, -0.1) is 0 Å². The van der Waals surface area contributed by atoms with Crippen LogP contribution in [0.4, 0.5) is 10.1 Å². The topological polar surface area (TPSA) is 58.6 Å². The number of hydrogen-bond acceptors (Lipinski definition) is 3. The number of carbonyl (C=O) groups excluding carboxylic acids is 2. The van der Waals surface area contributed by atoms with E-state index in [0.717, 1.165) is 6.07 Å². The molecule has 1 aromatic rings. The average molecular weight is 315 g/mol. The third kappa shape index (κ3) is 4.68. The summed E-state index contributed by atoms with van der Waals surface area (Å²) in [7, 11) is 0. The van der Waals surface area contributed by atoms with Gasteiger partial charge in [-0.25, -0.2) is 4.39 Å². The first-order valence-corrected chi connectivity index (χ1v) is 7.04. The molecule has 1 aromatic carbocycles. The highest BCUT2D eigenvalue weighted by atomic mass is 35.5. The van der Waals surface area contributed by atoms with E-state index in [-0.39, 0.29) is 29.5 Å². The number of amides is 2. The summed E-state index contributed by atoms with van der Waals surface area (Å²) in [5.41, 5.74) is 0.0585. The van der Waals surface area contributed by atoms with Crippen molar-refractivity contribution in [3.05, 3.63) is 29.0 Å². The van der Waals surface area contributed by atoms with E-state index in [0.29, 0.717) is 26.3 Å². The van der Waals surface area contributed by atoms with E-state index in [9.17, 15) is 14.0 Å². The van der Waals surface area contributed by atoms with Gasteiger partial charge in [-0.05, 0) is 18.2 Å². The number of anilines is 1. The standard InChI is InChI=1S/C14H16ClFN2O3/c15-10-1-2-12(11(16)9-10)17-13(19)3-4-14(20)18-5-7-21-8-6-18/h1-2,9H,3-8H2,(H,17,19). The minimum absolute atomic E-state index is 0.0122. The lowest BCUT2D eigenvalue weighted by Crippen LogP contribution is -2.40. The number of benzene rings is 1. The second-order valence-corrected chi connectivity index (χ2v) is 5.10. The van der Waals surface area contributed by atoms with Gasteiger partial charge in [-0.2, -0.15) is 0 Å². The molecule has 0 bridgehead atoms. The molecule has 5 nitrogen and oxygen atoms in total. The zero-order valence-corrected chi connectivity index (χ0v) is 12.2. The molecular formula is C14H16ClFN2O3. The number of carbonyl (C=O) groups is 2. The predicted molar refractivity (Wildman–Crippen MR) is 76.7 cm³/mol. The van der Waals surface area contributed by atoms with Crippen LogP contribution in [0.2, 0.25) is 5.02 Å². The van der Waals surface area contributed by atoms with Crippen LogP contribution < -0.4 is 5.32 Å². The van der Waals surface area contributed by atoms with Gasteiger partial charge in [0, 0.05) is 31.0 Å². The summed E-state index contributed by atoms with van der Waals surface area (Å²) in [5, 5.41) is 2.69. The number of ether oxygens (including phenoxy) is 1. The van der Waals surface area contributed by atoms with Crippen LogP contribution in [0.25, 0.3) is 0 Å². The van der Waals surface area contributed by atoms with Crippen molar-refractivity contribution in [2.45, 2.75) is 12.8 Å². The summed E-state index contributed by atoms with van der Waals surface area (Å²) in [4.78, 5) is 25.3. The number of nitrogens with one attached hydrogen (secondary N) is 1. The third-order valence-electron chi connectivity index (χ3n) is 3.13. The van der Waals surface area contributed by atoms with Crippen LogP contribution >= 0.6 is 11.6 Å². The number of morpholine rings is 1. The molecule has 21 heavy (non-hydrogen) atoms. The minimum atomic E-state index is -0.602. The molecule has 0 aromatic heterocycles. The SMILES string of the molecule is O=C(CCC(=O)N1CCOCC1)Nc1ccc(Cl)cc1F. The van der Waals surface area contributed by atoms with Gasteiger partial charge in [0.05, 0.1) is 18.9 Å². The fourth-order valence-electron chi connectivity index (χ4n) is 1.99. The van der Waals surface area contributed by atoms with Crippen molar-refractivity contribution in [3.8, 4) is 0 Å². The first-order valence-electron chi connectivity index (χ1n) is 6.66. The fourth-order valence-corrected chi connectivity index (χ4v) is 2.15. The molecule has 2 rings (SSSR count). The molecule has 1 aliphatic rings. The van der Waals surface area contributed by atoms with Crippen molar-refractivity contribution in [3.63, 3.8) is 0 Å². The molecular weight excluding hydrogens is 299 g/mol. The summed E-state index contributed by atoms with van der Waals surface area (Å²) in [6.07, 6.45) is 0.110. The van der Waals surface area contributed by atoms with Crippen LogP contribution in [0.15, 0.2) is 18.2 Å². The van der Waals surface area contributed by atoms with Crippen molar-refractivity contribution in [2.75, 3.05) is 31.6 Å². The highest BCUT2D eigenvalue weighted by Gasteiger charge is 2.18. The van der Waals surface area contributed by atoms with Gasteiger partial charge in [-0.1, -0.05) is 11.6 Å². The van der Waals surface area contributed by atoms with Crippen molar-refractivity contribution in [1.29, 1.82) is 0 Å². The molecule has 7 heteroatoms. The molecule has 0 saturated carbocycles. The Balaban J connectivity index is 1.80. The largest absolute Gasteiger partial charge is 0.378 e. The second kappa shape index (κ2) is 7.38. The summed E-state index contributed by atoms with van der Waals surface area (Å²) < 4.78 is 18.7. The summed E-state index contributed by atoms with van der Waals surface area (Å²) >= 11 is 5.63. The molecule has 114 valence electrons. The van der Waals surface area contributed by atoms with Gasteiger partial charge >= 0.3 is 0 Å². The van der Waals surface area contributed by atoms with E-state index in [1.807, 2.05) is 0 Å². The Labute approximate surface area is 127 Å². The Morgan fingerprint density at radius 2 is 2.00 bits per heavy atom. The normalized spacial score (nSPS) is 14.9. The van der Waals surface area contributed by atoms with E-state index < -0.39 is 11.7 Å². The van der Waals surface area contributed by atoms with E-state index in [2.05, 4.69) is 5.32 Å². The lowest BCUT2D eigenvalue weighted by molar-refractivity contribution is -0.136. The number of rotatable bonds is 4. The maximum absolute atomic E-state index is 13.5. The van der Waals surface area contributed by atoms with Crippen LogP contribution in [0.1, 0.15) is 12.8 Å². The van der Waals surface area contributed by atoms with Crippen LogP contribution in [-0.2, 0) is 14.3 Å². The Bertz CT molecular complexity index is 533. The molecule has 2 amide bonds. The highest BCUT2D eigenvalue weighted by Crippen LogP contribution is 2.19. The maximum atomic E-state index is 13.5. The average Bonchev–Trinajstić information content (AvgIpc) is 2.48. The van der Waals surface area contributed by atoms with Crippen LogP contribution in [0, 0.1) is 5.82 Å². The molecule has 1 aliphatic heterocycles. The smallest absolute Gasteiger partial charge is 0.224 e. The van der Waals surface area contributed by atoms with E-state index in [4.69, 9.17) is 16.3 Å². The van der Waals surface area contributed by atoms with Crippen molar-refractivity contribution in [2.24, 2.45) is 0 Å². The molecule has 1 N–H and O–H groups in total. The Hall–Kier alpha value is -1.66. The third-order valence-corrected chi connectivity index (χ3v) is 3.37. The Morgan fingerprint density at radius 1 is 1.29 bits per heavy atom. The van der Waals surface area contributed by atoms with Crippen molar-refractivity contribution >= 4 is 29.1 Å². The number of hydrogen-bond donors (Lipinski definition) is 1. The Kier molecular flexibility index (Phi) is 5.52. The number of nitrogens with zero attached hydrogens (tertiary/aromatic N) is 1. The van der Waals surface area contributed by atoms with Crippen LogP contribution in [0.5, 0.6) is 0 Å². The Morgan fingerprint density at radius 3 is 2.67 bits per heavy atom. The van der Waals surface area contributed by atoms with Gasteiger partial charge < -0.3 is 15.0 Å². The van der Waals surface area contributed by atoms with Gasteiger partial charge in [0.15, 0.2) is 0 Å². The molecule has 1 heterocycles. The first-order chi connectivity index (χ1) is 10.1. The zero-order chi connectivity index (χ0) is 15.2. The van der Waals surface area contributed by atoms with Crippen LogP contribution in [-0.4, -0.2) is 43.0 Å². The summed E-state index contributed by atoms with van der Waals surface area (Å²) in [5.74, 6) is -1.10. The molecule has 1 fully saturated rings. The minimum Gasteiger partial charge on any atom is -0.378 e. The zero-order valence-electron chi connectivity index (χ0n) is 11.4. The van der Waals surface area contributed by atoms with Crippen molar-refractivity contribution < 1.29 is 18.7 Å². The monoisotopic (exact) mass is 314 g/mol. The quantitative estimate of drug-likeness (QED) is 0.925. The molecule has 0 unspecified atom stereocenters. The second-order valence-electron chi connectivity index (χ2n) is 4.67. The number of halogens is 2. The lowest BCUT2D eigenvalue weighted by atomic mass is 10.2. The van der Waals surface area contributed by atoms with E-state index in [1.54, 1.807) is 4.90 Å². The van der Waals surface area contributed by atoms with E-state index in [1.165, 1.54) is 12.1 Å². The summed E-state index contributed by atoms with van der Waals surface area (Å²) in [6, 6.07) is 3.99. The molecule has 1 saturated heterocycles. The summed E-state index contributed by atoms with van der Waals surface area (Å²) in [6.45, 7) is 2.14. The maximum Gasteiger partial charge on any atom is 0.224 e.